The Balaban J connectivity index is 2.24. The number of ether oxygens (including phenoxy) is 1. The summed E-state index contributed by atoms with van der Waals surface area (Å²) in [6.07, 6.45) is 0. The van der Waals surface area contributed by atoms with Crippen LogP contribution in [0, 0.1) is 11.8 Å². The molecule has 1 heterocycles. The van der Waals surface area contributed by atoms with E-state index in [1.165, 1.54) is 0 Å². The van der Waals surface area contributed by atoms with Gasteiger partial charge in [0.2, 0.25) is 0 Å². The molecular weight excluding hydrogens is 246 g/mol. The number of amides is 1. The highest BCUT2D eigenvalue weighted by atomic mass is 32.1. The first-order valence-electron chi connectivity index (χ1n) is 6.26. The van der Waals surface area contributed by atoms with Crippen molar-refractivity contribution < 1.29 is 9.53 Å². The standard InChI is InChI=1S/C14H19NO2S/c1-10(2)11(9-18)7-15-12-5-3-4-6-13(12)17-8-14(15)16/h3-6,10-11,18H,7-9H2,1-2H3. The van der Waals surface area contributed by atoms with Crippen molar-refractivity contribution in [3.05, 3.63) is 24.3 Å². The number of hydrogen-bond donors (Lipinski definition) is 1. The highest BCUT2D eigenvalue weighted by Gasteiger charge is 2.27. The molecule has 1 unspecified atom stereocenters. The Hall–Kier alpha value is -1.16. The zero-order chi connectivity index (χ0) is 13.1. The van der Waals surface area contributed by atoms with E-state index in [1.807, 2.05) is 29.2 Å². The average Bonchev–Trinajstić information content (AvgIpc) is 2.37. The van der Waals surface area contributed by atoms with E-state index in [-0.39, 0.29) is 12.5 Å². The van der Waals surface area contributed by atoms with Crippen LogP contribution in [0.5, 0.6) is 5.75 Å². The number of rotatable bonds is 4. The van der Waals surface area contributed by atoms with Gasteiger partial charge >= 0.3 is 0 Å². The number of anilines is 1. The van der Waals surface area contributed by atoms with Gasteiger partial charge in [0, 0.05) is 6.54 Å². The Labute approximate surface area is 114 Å². The molecule has 98 valence electrons. The SMILES string of the molecule is CC(C)C(CS)CN1C(=O)COc2ccccc21. The average molecular weight is 265 g/mol. The molecule has 0 saturated carbocycles. The van der Waals surface area contributed by atoms with Gasteiger partial charge in [-0.1, -0.05) is 26.0 Å². The third-order valence-corrected chi connectivity index (χ3v) is 3.87. The van der Waals surface area contributed by atoms with Crippen LogP contribution in [0.1, 0.15) is 13.8 Å². The predicted molar refractivity (Wildman–Crippen MR) is 76.5 cm³/mol. The molecule has 0 radical (unpaired) electrons. The Morgan fingerprint density at radius 3 is 2.78 bits per heavy atom. The van der Waals surface area contributed by atoms with E-state index in [1.54, 1.807) is 0 Å². The maximum Gasteiger partial charge on any atom is 0.265 e. The van der Waals surface area contributed by atoms with Gasteiger partial charge in [0.05, 0.1) is 5.69 Å². The Kier molecular flexibility index (Phi) is 4.17. The van der Waals surface area contributed by atoms with E-state index < -0.39 is 0 Å². The number of fused-ring (bicyclic) bond motifs is 1. The van der Waals surface area contributed by atoms with E-state index in [9.17, 15) is 4.79 Å². The monoisotopic (exact) mass is 265 g/mol. The quantitative estimate of drug-likeness (QED) is 0.848. The van der Waals surface area contributed by atoms with Gasteiger partial charge < -0.3 is 9.64 Å². The lowest BCUT2D eigenvalue weighted by Crippen LogP contribution is -2.43. The molecule has 1 amide bonds. The second kappa shape index (κ2) is 5.65. The molecule has 4 heteroatoms. The molecule has 0 fully saturated rings. The van der Waals surface area contributed by atoms with E-state index >= 15 is 0 Å². The summed E-state index contributed by atoms with van der Waals surface area (Å²) in [6, 6.07) is 7.69. The first-order valence-corrected chi connectivity index (χ1v) is 6.89. The largest absolute Gasteiger partial charge is 0.482 e. The fraction of sp³-hybridized carbons (Fsp3) is 0.500. The Morgan fingerprint density at radius 2 is 2.11 bits per heavy atom. The Bertz CT molecular complexity index is 434. The molecule has 0 saturated heterocycles. The fourth-order valence-corrected chi connectivity index (χ4v) is 2.61. The molecular formula is C14H19NO2S. The molecule has 1 aliphatic heterocycles. The molecule has 0 spiro atoms. The molecule has 0 aliphatic carbocycles. The number of hydrogen-bond acceptors (Lipinski definition) is 3. The van der Waals surface area contributed by atoms with Gasteiger partial charge in [0.25, 0.3) is 5.91 Å². The molecule has 0 N–H and O–H groups in total. The highest BCUT2D eigenvalue weighted by Crippen LogP contribution is 2.32. The molecule has 18 heavy (non-hydrogen) atoms. The van der Waals surface area contributed by atoms with Crippen LogP contribution in [-0.2, 0) is 4.79 Å². The van der Waals surface area contributed by atoms with E-state index in [4.69, 9.17) is 4.74 Å². The lowest BCUT2D eigenvalue weighted by Gasteiger charge is -2.33. The van der Waals surface area contributed by atoms with Crippen LogP contribution in [0.25, 0.3) is 0 Å². The van der Waals surface area contributed by atoms with Crippen LogP contribution in [0.15, 0.2) is 24.3 Å². The topological polar surface area (TPSA) is 29.5 Å². The maximum absolute atomic E-state index is 12.0. The number of carbonyl (C=O) groups excluding carboxylic acids is 1. The number of nitrogens with zero attached hydrogens (tertiary/aromatic N) is 1. The molecule has 3 nitrogen and oxygen atoms in total. The Morgan fingerprint density at radius 1 is 1.39 bits per heavy atom. The van der Waals surface area contributed by atoms with Gasteiger partial charge in [-0.05, 0) is 29.7 Å². The molecule has 0 aromatic heterocycles. The number of carbonyl (C=O) groups is 1. The third kappa shape index (κ3) is 2.64. The van der Waals surface area contributed by atoms with Crippen molar-refractivity contribution in [1.82, 2.24) is 0 Å². The summed E-state index contributed by atoms with van der Waals surface area (Å²) in [6.45, 7) is 5.17. The van der Waals surface area contributed by atoms with Crippen molar-refractivity contribution in [2.24, 2.45) is 11.8 Å². The zero-order valence-corrected chi connectivity index (χ0v) is 11.7. The zero-order valence-electron chi connectivity index (χ0n) is 10.8. The second-order valence-corrected chi connectivity index (χ2v) is 5.31. The summed E-state index contributed by atoms with van der Waals surface area (Å²) >= 11 is 4.39. The summed E-state index contributed by atoms with van der Waals surface area (Å²) in [4.78, 5) is 13.8. The van der Waals surface area contributed by atoms with Crippen molar-refractivity contribution in [2.75, 3.05) is 23.8 Å². The van der Waals surface area contributed by atoms with Gasteiger partial charge in [-0.25, -0.2) is 0 Å². The fourth-order valence-electron chi connectivity index (χ4n) is 2.07. The lowest BCUT2D eigenvalue weighted by atomic mass is 9.96. The first kappa shape index (κ1) is 13.3. The third-order valence-electron chi connectivity index (χ3n) is 3.40. The molecule has 2 rings (SSSR count). The van der Waals surface area contributed by atoms with Crippen LogP contribution >= 0.6 is 12.6 Å². The second-order valence-electron chi connectivity index (χ2n) is 4.95. The molecule has 1 aromatic carbocycles. The first-order chi connectivity index (χ1) is 8.63. The maximum atomic E-state index is 12.0. The summed E-state index contributed by atoms with van der Waals surface area (Å²) < 4.78 is 5.43. The van der Waals surface area contributed by atoms with Gasteiger partial charge in [-0.3, -0.25) is 4.79 Å². The normalized spacial score (nSPS) is 16.4. The van der Waals surface area contributed by atoms with Gasteiger partial charge in [0.1, 0.15) is 5.75 Å². The summed E-state index contributed by atoms with van der Waals surface area (Å²) in [5.74, 6) is 2.50. The molecule has 1 aromatic rings. The summed E-state index contributed by atoms with van der Waals surface area (Å²) in [5.41, 5.74) is 0.876. The van der Waals surface area contributed by atoms with Gasteiger partial charge in [0.15, 0.2) is 6.61 Å². The minimum atomic E-state index is 0.0288. The van der Waals surface area contributed by atoms with Crippen molar-refractivity contribution >= 4 is 24.2 Å². The van der Waals surface area contributed by atoms with Crippen LogP contribution < -0.4 is 9.64 Å². The minimum absolute atomic E-state index is 0.0288. The van der Waals surface area contributed by atoms with Gasteiger partial charge in [-0.2, -0.15) is 12.6 Å². The van der Waals surface area contributed by atoms with Crippen molar-refractivity contribution in [1.29, 1.82) is 0 Å². The number of thiol groups is 1. The van der Waals surface area contributed by atoms with E-state index in [0.717, 1.165) is 17.2 Å². The summed E-state index contributed by atoms with van der Waals surface area (Å²) in [7, 11) is 0. The lowest BCUT2D eigenvalue weighted by molar-refractivity contribution is -0.121. The van der Waals surface area contributed by atoms with Crippen LogP contribution in [-0.4, -0.2) is 24.8 Å². The smallest absolute Gasteiger partial charge is 0.265 e. The summed E-state index contributed by atoms with van der Waals surface area (Å²) in [5, 5.41) is 0. The predicted octanol–water partition coefficient (Wildman–Crippen LogP) is 2.61. The van der Waals surface area contributed by atoms with Crippen LogP contribution in [0.3, 0.4) is 0 Å². The van der Waals surface area contributed by atoms with Crippen molar-refractivity contribution in [2.45, 2.75) is 13.8 Å². The van der Waals surface area contributed by atoms with Gasteiger partial charge in [-0.15, -0.1) is 0 Å². The van der Waals surface area contributed by atoms with Crippen molar-refractivity contribution in [3.8, 4) is 5.75 Å². The molecule has 1 aliphatic rings. The highest BCUT2D eigenvalue weighted by molar-refractivity contribution is 7.80. The van der Waals surface area contributed by atoms with E-state index in [0.29, 0.717) is 18.4 Å². The van der Waals surface area contributed by atoms with Crippen molar-refractivity contribution in [3.63, 3.8) is 0 Å². The van der Waals surface area contributed by atoms with Crippen LogP contribution in [0.2, 0.25) is 0 Å². The van der Waals surface area contributed by atoms with Crippen LogP contribution in [0.4, 0.5) is 5.69 Å². The molecule has 1 atom stereocenters. The van der Waals surface area contributed by atoms with E-state index in [2.05, 4.69) is 26.5 Å². The molecule has 0 bridgehead atoms. The minimum Gasteiger partial charge on any atom is -0.482 e. The number of para-hydroxylation sites is 2. The number of benzene rings is 1.